The zero-order valence-corrected chi connectivity index (χ0v) is 17.3. The van der Waals surface area contributed by atoms with Gasteiger partial charge >= 0.3 is 0 Å². The van der Waals surface area contributed by atoms with Crippen LogP contribution in [0.25, 0.3) is 0 Å². The van der Waals surface area contributed by atoms with Crippen LogP contribution in [-0.4, -0.2) is 29.5 Å². The van der Waals surface area contributed by atoms with Crippen LogP contribution in [0.1, 0.15) is 15.9 Å². The summed E-state index contributed by atoms with van der Waals surface area (Å²) >= 11 is 0. The van der Waals surface area contributed by atoms with Crippen LogP contribution in [0, 0.1) is 0 Å². The highest BCUT2D eigenvalue weighted by Gasteiger charge is 2.31. The second-order valence-corrected chi connectivity index (χ2v) is 16.0. The van der Waals surface area contributed by atoms with Crippen LogP contribution in [0.4, 0.5) is 0 Å². The van der Waals surface area contributed by atoms with E-state index in [1.807, 2.05) is 36.4 Å². The summed E-state index contributed by atoms with van der Waals surface area (Å²) in [5, 5.41) is 1.21. The van der Waals surface area contributed by atoms with Crippen molar-refractivity contribution in [2.45, 2.75) is 32.7 Å². The summed E-state index contributed by atoms with van der Waals surface area (Å²) in [5.41, 5.74) is 1.25. The Morgan fingerprint density at radius 1 is 0.875 bits per heavy atom. The number of methoxy groups -OCH3 is 1. The zero-order valence-electron chi connectivity index (χ0n) is 15.3. The molecule has 0 aliphatic heterocycles. The van der Waals surface area contributed by atoms with E-state index in [1.165, 1.54) is 5.19 Å². The molecule has 24 heavy (non-hydrogen) atoms. The summed E-state index contributed by atoms with van der Waals surface area (Å²) in [6, 6.07) is 15.2. The maximum Gasteiger partial charge on any atom is 0.205 e. The summed E-state index contributed by atoms with van der Waals surface area (Å²) in [6.45, 7) is 11.1. The molecule has 0 atom stereocenters. The van der Waals surface area contributed by atoms with Crippen LogP contribution in [0.15, 0.2) is 48.5 Å². The highest BCUT2D eigenvalue weighted by molar-refractivity contribution is 6.92. The van der Waals surface area contributed by atoms with Gasteiger partial charge in [-0.2, -0.15) is 0 Å². The van der Waals surface area contributed by atoms with Crippen LogP contribution in [0.2, 0.25) is 32.7 Å². The molecular weight excluding hydrogens is 332 g/mol. The van der Waals surface area contributed by atoms with Gasteiger partial charge in [0.25, 0.3) is 0 Å². The van der Waals surface area contributed by atoms with Crippen LogP contribution >= 0.6 is 0 Å². The minimum atomic E-state index is -1.94. The SMILES string of the molecule is COc1ccccc1C(=O)c1ccc([Si](C)(C)O[Si](C)(C)C)cc1. The lowest BCUT2D eigenvalue weighted by Crippen LogP contribution is -2.51. The van der Waals surface area contributed by atoms with E-state index in [9.17, 15) is 4.79 Å². The van der Waals surface area contributed by atoms with Crippen molar-refractivity contribution >= 4 is 27.6 Å². The molecule has 2 aromatic carbocycles. The molecule has 0 aliphatic carbocycles. The van der Waals surface area contributed by atoms with Crippen LogP contribution in [-0.2, 0) is 4.12 Å². The maximum atomic E-state index is 12.7. The van der Waals surface area contributed by atoms with Crippen molar-refractivity contribution in [2.24, 2.45) is 0 Å². The first-order valence-electron chi connectivity index (χ1n) is 8.12. The Bertz CT molecular complexity index is 716. The number of hydrogen-bond donors (Lipinski definition) is 0. The number of ketones is 1. The molecule has 0 amide bonds. The third-order valence-corrected chi connectivity index (χ3v) is 9.97. The topological polar surface area (TPSA) is 35.5 Å². The zero-order chi connectivity index (χ0) is 18.0. The van der Waals surface area contributed by atoms with E-state index in [1.54, 1.807) is 19.2 Å². The monoisotopic (exact) mass is 358 g/mol. The Morgan fingerprint density at radius 3 is 2.00 bits per heavy atom. The van der Waals surface area contributed by atoms with Crippen molar-refractivity contribution in [3.05, 3.63) is 59.7 Å². The predicted octanol–water partition coefficient (Wildman–Crippen LogP) is 4.19. The van der Waals surface area contributed by atoms with Gasteiger partial charge in [-0.3, -0.25) is 4.79 Å². The Hall–Kier alpha value is -1.70. The number of ether oxygens (including phenoxy) is 1. The quantitative estimate of drug-likeness (QED) is 0.574. The summed E-state index contributed by atoms with van der Waals surface area (Å²) in [4.78, 5) is 12.7. The Kier molecular flexibility index (Phi) is 5.47. The second kappa shape index (κ2) is 7.05. The van der Waals surface area contributed by atoms with Gasteiger partial charge in [-0.05, 0) is 50.1 Å². The molecular formula is C19H26O3Si2. The molecule has 0 spiro atoms. The predicted molar refractivity (Wildman–Crippen MR) is 104 cm³/mol. The van der Waals surface area contributed by atoms with Crippen LogP contribution < -0.4 is 9.92 Å². The summed E-state index contributed by atoms with van der Waals surface area (Å²) < 4.78 is 11.7. The van der Waals surface area contributed by atoms with E-state index in [2.05, 4.69) is 32.7 Å². The first-order valence-corrected chi connectivity index (χ1v) is 14.4. The van der Waals surface area contributed by atoms with Gasteiger partial charge in [-0.25, -0.2) is 0 Å². The van der Waals surface area contributed by atoms with Crippen LogP contribution in [0.3, 0.4) is 0 Å². The van der Waals surface area contributed by atoms with Crippen molar-refractivity contribution in [3.63, 3.8) is 0 Å². The number of benzene rings is 2. The van der Waals surface area contributed by atoms with Gasteiger partial charge in [-0.1, -0.05) is 36.4 Å². The number of carbonyl (C=O) groups is 1. The number of carbonyl (C=O) groups excluding carboxylic acids is 1. The molecule has 5 heteroatoms. The van der Waals surface area contributed by atoms with Gasteiger partial charge in [-0.15, -0.1) is 0 Å². The number of hydrogen-bond acceptors (Lipinski definition) is 3. The molecule has 0 unspecified atom stereocenters. The smallest absolute Gasteiger partial charge is 0.205 e. The molecule has 0 radical (unpaired) electrons. The van der Waals surface area contributed by atoms with E-state index in [4.69, 9.17) is 8.85 Å². The van der Waals surface area contributed by atoms with Crippen molar-refractivity contribution in [1.82, 2.24) is 0 Å². The molecule has 0 aliphatic rings. The van der Waals surface area contributed by atoms with Gasteiger partial charge in [0, 0.05) is 5.56 Å². The Morgan fingerprint density at radius 2 is 1.46 bits per heavy atom. The molecule has 2 rings (SSSR count). The number of para-hydroxylation sites is 1. The fourth-order valence-corrected chi connectivity index (χ4v) is 10.4. The molecule has 2 aromatic rings. The first kappa shape index (κ1) is 18.6. The highest BCUT2D eigenvalue weighted by atomic mass is 28.4. The van der Waals surface area contributed by atoms with Gasteiger partial charge in [0.1, 0.15) is 5.75 Å². The standard InChI is InChI=1S/C19H26O3Si2/c1-21-18-10-8-7-9-17(18)19(20)15-11-13-16(14-12-15)24(5,6)22-23(2,3)4/h7-14H,1-6H3. The molecule has 0 N–H and O–H groups in total. The van der Waals surface area contributed by atoms with Crippen molar-refractivity contribution in [2.75, 3.05) is 7.11 Å². The summed E-state index contributed by atoms with van der Waals surface area (Å²) in [6.07, 6.45) is 0. The van der Waals surface area contributed by atoms with Gasteiger partial charge < -0.3 is 8.85 Å². The minimum absolute atomic E-state index is 0.0235. The van der Waals surface area contributed by atoms with Gasteiger partial charge in [0.2, 0.25) is 8.32 Å². The summed E-state index contributed by atoms with van der Waals surface area (Å²) in [5.74, 6) is 0.577. The third-order valence-electron chi connectivity index (χ3n) is 3.76. The highest BCUT2D eigenvalue weighted by Crippen LogP contribution is 2.21. The van der Waals surface area contributed by atoms with E-state index in [0.29, 0.717) is 16.9 Å². The lowest BCUT2D eigenvalue weighted by atomic mass is 10.0. The van der Waals surface area contributed by atoms with Crippen molar-refractivity contribution in [1.29, 1.82) is 0 Å². The lowest BCUT2D eigenvalue weighted by Gasteiger charge is -2.31. The minimum Gasteiger partial charge on any atom is -0.496 e. The average Bonchev–Trinajstić information content (AvgIpc) is 2.52. The molecule has 0 saturated carbocycles. The van der Waals surface area contributed by atoms with Gasteiger partial charge in [0.05, 0.1) is 12.7 Å². The van der Waals surface area contributed by atoms with E-state index >= 15 is 0 Å². The summed E-state index contributed by atoms with van der Waals surface area (Å²) in [7, 11) is -1.96. The molecule has 128 valence electrons. The molecule has 0 bridgehead atoms. The molecule has 0 aromatic heterocycles. The lowest BCUT2D eigenvalue weighted by molar-refractivity contribution is 0.103. The molecule has 3 nitrogen and oxygen atoms in total. The fourth-order valence-electron chi connectivity index (χ4n) is 2.84. The third kappa shape index (κ3) is 4.43. The fraction of sp³-hybridized carbons (Fsp3) is 0.316. The molecule has 0 heterocycles. The second-order valence-electron chi connectivity index (χ2n) is 7.33. The normalized spacial score (nSPS) is 12.1. The average molecular weight is 359 g/mol. The number of rotatable bonds is 6. The van der Waals surface area contributed by atoms with E-state index in [0.717, 1.165) is 0 Å². The van der Waals surface area contributed by atoms with Gasteiger partial charge in [0.15, 0.2) is 14.1 Å². The van der Waals surface area contributed by atoms with Crippen molar-refractivity contribution in [3.8, 4) is 5.75 Å². The van der Waals surface area contributed by atoms with Crippen molar-refractivity contribution < 1.29 is 13.6 Å². The Balaban J connectivity index is 2.28. The van der Waals surface area contributed by atoms with Crippen LogP contribution in [0.5, 0.6) is 5.75 Å². The Labute approximate surface area is 146 Å². The molecule has 0 fully saturated rings. The van der Waals surface area contributed by atoms with E-state index in [-0.39, 0.29) is 5.78 Å². The van der Waals surface area contributed by atoms with E-state index < -0.39 is 16.6 Å². The maximum absolute atomic E-state index is 12.7. The largest absolute Gasteiger partial charge is 0.496 e. The first-order chi connectivity index (χ1) is 11.1. The molecule has 0 saturated heterocycles.